The molecule has 0 amide bonds. The van der Waals surface area contributed by atoms with Gasteiger partial charge in [-0.15, -0.1) is 0 Å². The summed E-state index contributed by atoms with van der Waals surface area (Å²) >= 11 is 0. The van der Waals surface area contributed by atoms with Gasteiger partial charge in [0.05, 0.1) is 24.7 Å². The van der Waals surface area contributed by atoms with E-state index in [0.29, 0.717) is 0 Å². The maximum atomic E-state index is 9.06. The first-order valence-corrected chi connectivity index (χ1v) is 5.03. The Bertz CT molecular complexity index is 440. The number of rotatable bonds is 3. The molecule has 0 spiro atoms. The maximum absolute atomic E-state index is 9.06. The van der Waals surface area contributed by atoms with Gasteiger partial charge in [-0.3, -0.25) is 4.98 Å². The van der Waals surface area contributed by atoms with Crippen LogP contribution < -0.4 is 5.32 Å². The molecular weight excluding hydrogens is 202 g/mol. The number of hydrogen-bond acceptors (Lipinski definition) is 4. The monoisotopic (exact) mass is 215 g/mol. The standard InChI is InChI=1S/C12H13N3O/c1-13-12-7-14-6-11(15-12)10-4-2-3-9(5-10)8-16/h2-7,16H,8H2,1H3,(H,13,15). The summed E-state index contributed by atoms with van der Waals surface area (Å²) in [5.41, 5.74) is 2.62. The predicted octanol–water partition coefficient (Wildman–Crippen LogP) is 1.68. The zero-order valence-corrected chi connectivity index (χ0v) is 9.01. The molecule has 0 unspecified atom stereocenters. The van der Waals surface area contributed by atoms with Gasteiger partial charge in [0.1, 0.15) is 5.82 Å². The average molecular weight is 215 g/mol. The lowest BCUT2D eigenvalue weighted by molar-refractivity contribution is 0.282. The van der Waals surface area contributed by atoms with Crippen LogP contribution in [0.2, 0.25) is 0 Å². The van der Waals surface area contributed by atoms with Crippen LogP contribution in [-0.2, 0) is 6.61 Å². The molecule has 2 aromatic rings. The van der Waals surface area contributed by atoms with Crippen molar-refractivity contribution in [1.82, 2.24) is 9.97 Å². The molecule has 4 nitrogen and oxygen atoms in total. The summed E-state index contributed by atoms with van der Waals surface area (Å²) in [5.74, 6) is 0.729. The summed E-state index contributed by atoms with van der Waals surface area (Å²) in [7, 11) is 1.80. The number of hydrogen-bond donors (Lipinski definition) is 2. The van der Waals surface area contributed by atoms with Gasteiger partial charge in [0.2, 0.25) is 0 Å². The van der Waals surface area contributed by atoms with Gasteiger partial charge in [0, 0.05) is 12.6 Å². The minimum Gasteiger partial charge on any atom is -0.392 e. The zero-order valence-electron chi connectivity index (χ0n) is 9.01. The molecule has 0 aliphatic heterocycles. The van der Waals surface area contributed by atoms with Crippen molar-refractivity contribution in [3.05, 3.63) is 42.2 Å². The molecule has 1 aromatic heterocycles. The van der Waals surface area contributed by atoms with Crippen LogP contribution in [0.15, 0.2) is 36.7 Å². The number of benzene rings is 1. The van der Waals surface area contributed by atoms with Gasteiger partial charge in [-0.05, 0) is 11.6 Å². The first-order valence-electron chi connectivity index (χ1n) is 5.03. The van der Waals surface area contributed by atoms with Crippen molar-refractivity contribution in [2.45, 2.75) is 6.61 Å². The Labute approximate surface area is 94.0 Å². The fourth-order valence-corrected chi connectivity index (χ4v) is 1.45. The summed E-state index contributed by atoms with van der Waals surface area (Å²) in [6.45, 7) is 0.0347. The molecule has 0 atom stereocenters. The normalized spacial score (nSPS) is 10.1. The van der Waals surface area contributed by atoms with Gasteiger partial charge in [-0.2, -0.15) is 0 Å². The Balaban J connectivity index is 2.41. The first-order chi connectivity index (χ1) is 7.83. The lowest BCUT2D eigenvalue weighted by Gasteiger charge is -2.04. The third-order valence-electron chi connectivity index (χ3n) is 2.30. The molecule has 0 bridgehead atoms. The quantitative estimate of drug-likeness (QED) is 0.817. The van der Waals surface area contributed by atoms with Crippen LogP contribution in [-0.4, -0.2) is 22.1 Å². The fraction of sp³-hybridized carbons (Fsp3) is 0.167. The van der Waals surface area contributed by atoms with Crippen LogP contribution >= 0.6 is 0 Å². The molecule has 0 radical (unpaired) electrons. The van der Waals surface area contributed by atoms with Crippen LogP contribution in [0, 0.1) is 0 Å². The second-order valence-corrected chi connectivity index (χ2v) is 3.40. The summed E-state index contributed by atoms with van der Waals surface area (Å²) in [6.07, 6.45) is 3.37. The van der Waals surface area contributed by atoms with E-state index in [1.54, 1.807) is 19.4 Å². The number of nitrogens with zero attached hydrogens (tertiary/aromatic N) is 2. The Morgan fingerprint density at radius 1 is 1.31 bits per heavy atom. The highest BCUT2D eigenvalue weighted by molar-refractivity contribution is 5.60. The zero-order chi connectivity index (χ0) is 11.4. The molecule has 82 valence electrons. The highest BCUT2D eigenvalue weighted by Crippen LogP contribution is 2.18. The van der Waals surface area contributed by atoms with Gasteiger partial charge in [0.25, 0.3) is 0 Å². The van der Waals surface area contributed by atoms with Crippen LogP contribution in [0.4, 0.5) is 5.82 Å². The van der Waals surface area contributed by atoms with Gasteiger partial charge >= 0.3 is 0 Å². The van der Waals surface area contributed by atoms with E-state index in [1.807, 2.05) is 24.3 Å². The fourth-order valence-electron chi connectivity index (χ4n) is 1.45. The van der Waals surface area contributed by atoms with Gasteiger partial charge in [-0.25, -0.2) is 4.98 Å². The predicted molar refractivity (Wildman–Crippen MR) is 62.9 cm³/mol. The van der Waals surface area contributed by atoms with Crippen molar-refractivity contribution in [2.24, 2.45) is 0 Å². The van der Waals surface area contributed by atoms with Crippen LogP contribution in [0.3, 0.4) is 0 Å². The van der Waals surface area contributed by atoms with Crippen molar-refractivity contribution in [3.8, 4) is 11.3 Å². The maximum Gasteiger partial charge on any atom is 0.144 e. The van der Waals surface area contributed by atoms with Gasteiger partial charge < -0.3 is 10.4 Å². The largest absolute Gasteiger partial charge is 0.392 e. The number of aromatic nitrogens is 2. The van der Waals surface area contributed by atoms with E-state index >= 15 is 0 Å². The van der Waals surface area contributed by atoms with Crippen LogP contribution in [0.25, 0.3) is 11.3 Å². The Morgan fingerprint density at radius 3 is 2.94 bits per heavy atom. The summed E-state index contributed by atoms with van der Waals surface area (Å²) in [5, 5.41) is 12.0. The molecule has 4 heteroatoms. The Kier molecular flexibility index (Phi) is 3.12. The number of aliphatic hydroxyl groups is 1. The van der Waals surface area contributed by atoms with Crippen molar-refractivity contribution in [3.63, 3.8) is 0 Å². The van der Waals surface area contributed by atoms with Gasteiger partial charge in [-0.1, -0.05) is 18.2 Å². The number of aliphatic hydroxyl groups excluding tert-OH is 1. The van der Waals surface area contributed by atoms with Crippen molar-refractivity contribution in [2.75, 3.05) is 12.4 Å². The van der Waals surface area contributed by atoms with E-state index in [9.17, 15) is 0 Å². The molecular formula is C12H13N3O. The summed E-state index contributed by atoms with van der Waals surface area (Å²) in [4.78, 5) is 8.48. The van der Waals surface area contributed by atoms with Crippen LogP contribution in [0.1, 0.15) is 5.56 Å². The third-order valence-corrected chi connectivity index (χ3v) is 2.30. The molecule has 0 fully saturated rings. The van der Waals surface area contributed by atoms with Gasteiger partial charge in [0.15, 0.2) is 0 Å². The lowest BCUT2D eigenvalue weighted by atomic mass is 10.1. The van der Waals surface area contributed by atoms with E-state index in [1.165, 1.54) is 0 Å². The van der Waals surface area contributed by atoms with E-state index in [4.69, 9.17) is 5.11 Å². The SMILES string of the molecule is CNc1cncc(-c2cccc(CO)c2)n1. The minimum atomic E-state index is 0.0347. The van der Waals surface area contributed by atoms with Crippen molar-refractivity contribution < 1.29 is 5.11 Å². The molecule has 0 aliphatic rings. The molecule has 0 saturated heterocycles. The first kappa shape index (κ1) is 10.6. The van der Waals surface area contributed by atoms with Crippen molar-refractivity contribution >= 4 is 5.82 Å². The molecule has 2 N–H and O–H groups in total. The smallest absolute Gasteiger partial charge is 0.144 e. The number of anilines is 1. The summed E-state index contributed by atoms with van der Waals surface area (Å²) < 4.78 is 0. The van der Waals surface area contributed by atoms with E-state index in [0.717, 1.165) is 22.6 Å². The van der Waals surface area contributed by atoms with Crippen molar-refractivity contribution in [1.29, 1.82) is 0 Å². The molecule has 1 aromatic carbocycles. The lowest BCUT2D eigenvalue weighted by Crippen LogP contribution is -1.95. The molecule has 0 aliphatic carbocycles. The molecule has 1 heterocycles. The summed E-state index contributed by atoms with van der Waals surface area (Å²) in [6, 6.07) is 7.62. The van der Waals surface area contributed by atoms with E-state index < -0.39 is 0 Å². The third kappa shape index (κ3) is 2.17. The highest BCUT2D eigenvalue weighted by atomic mass is 16.3. The Morgan fingerprint density at radius 2 is 2.19 bits per heavy atom. The molecule has 16 heavy (non-hydrogen) atoms. The minimum absolute atomic E-state index is 0.0347. The van der Waals surface area contributed by atoms with E-state index in [2.05, 4.69) is 15.3 Å². The highest BCUT2D eigenvalue weighted by Gasteiger charge is 2.01. The second kappa shape index (κ2) is 4.72. The Hall–Kier alpha value is -1.94. The topological polar surface area (TPSA) is 58.0 Å². The number of nitrogens with one attached hydrogen (secondary N) is 1. The average Bonchev–Trinajstić information content (AvgIpc) is 2.39. The second-order valence-electron chi connectivity index (χ2n) is 3.40. The molecule has 2 rings (SSSR count). The van der Waals surface area contributed by atoms with E-state index in [-0.39, 0.29) is 6.61 Å². The molecule has 0 saturated carbocycles. The van der Waals surface area contributed by atoms with Crippen LogP contribution in [0.5, 0.6) is 0 Å².